The zero-order valence-corrected chi connectivity index (χ0v) is 17.0. The number of carboxylic acids is 1. The molecule has 0 unspecified atom stereocenters. The van der Waals surface area contributed by atoms with E-state index in [1.165, 1.54) is 11.8 Å². The largest absolute Gasteiger partial charge is 0.477 e. The number of nitrogens with zero attached hydrogens (tertiary/aromatic N) is 1. The number of carboxylic acid groups (broad SMARTS) is 1. The molecule has 6 nitrogen and oxygen atoms in total. The average Bonchev–Trinajstić information content (AvgIpc) is 2.97. The van der Waals surface area contributed by atoms with Crippen LogP contribution in [0.1, 0.15) is 13.8 Å². The zero-order valence-electron chi connectivity index (χ0n) is 16.1. The van der Waals surface area contributed by atoms with E-state index >= 15 is 0 Å². The second-order valence-corrected chi connectivity index (χ2v) is 10.3. The van der Waals surface area contributed by atoms with Gasteiger partial charge in [-0.2, -0.15) is 0 Å². The summed E-state index contributed by atoms with van der Waals surface area (Å²) in [6.45, 7) is 3.32. The summed E-state index contributed by atoms with van der Waals surface area (Å²) in [6.07, 6.45) is -0.909. The Morgan fingerprint density at radius 3 is 1.93 bits per heavy atom. The van der Waals surface area contributed by atoms with E-state index in [4.69, 9.17) is 0 Å². The lowest BCUT2D eigenvalue weighted by molar-refractivity contribution is -0.163. The molecule has 1 amide bonds. The summed E-state index contributed by atoms with van der Waals surface area (Å²) >= 11 is 0. The third kappa shape index (κ3) is 2.70. The van der Waals surface area contributed by atoms with Crippen molar-refractivity contribution in [1.82, 2.24) is 4.90 Å². The Labute approximate surface area is 168 Å². The molecule has 0 saturated carbocycles. The Bertz CT molecular complexity index is 1000. The van der Waals surface area contributed by atoms with Gasteiger partial charge >= 0.3 is 5.97 Å². The van der Waals surface area contributed by atoms with Crippen molar-refractivity contribution in [2.45, 2.75) is 26.0 Å². The van der Waals surface area contributed by atoms with Crippen molar-refractivity contribution in [1.29, 1.82) is 0 Å². The summed E-state index contributed by atoms with van der Waals surface area (Å²) in [5.41, 5.74) is -0.208. The van der Waals surface area contributed by atoms with Crippen LogP contribution in [0, 0.1) is 11.8 Å². The minimum absolute atomic E-state index is 0.208. The lowest BCUT2D eigenvalue weighted by atomic mass is 9.79. The first kappa shape index (κ1) is 19.6. The van der Waals surface area contributed by atoms with E-state index in [2.05, 4.69) is 0 Å². The van der Waals surface area contributed by atoms with Crippen LogP contribution in [0.4, 0.5) is 0 Å². The Hall–Kier alpha value is -2.69. The van der Waals surface area contributed by atoms with Gasteiger partial charge in [0.05, 0.1) is 18.1 Å². The van der Waals surface area contributed by atoms with E-state index in [1.54, 1.807) is 55.5 Å². The molecule has 0 bridgehead atoms. The van der Waals surface area contributed by atoms with Crippen molar-refractivity contribution in [3.05, 3.63) is 71.7 Å². The van der Waals surface area contributed by atoms with Gasteiger partial charge in [0, 0.05) is 21.8 Å². The number of aliphatic carboxylic acids is 1. The van der Waals surface area contributed by atoms with Crippen LogP contribution in [0.3, 0.4) is 0 Å². The fourth-order valence-electron chi connectivity index (χ4n) is 4.67. The number of carbonyl (C=O) groups excluding carboxylic acids is 1. The van der Waals surface area contributed by atoms with Gasteiger partial charge in [-0.1, -0.05) is 67.6 Å². The maximum atomic E-state index is 14.7. The molecule has 4 atom stereocenters. The van der Waals surface area contributed by atoms with Gasteiger partial charge in [-0.05, 0) is 6.92 Å². The first-order valence-electron chi connectivity index (χ1n) is 9.50. The van der Waals surface area contributed by atoms with Crippen LogP contribution in [-0.4, -0.2) is 39.1 Å². The number of hydrogen-bond donors (Lipinski definition) is 2. The Balaban J connectivity index is 1.99. The van der Waals surface area contributed by atoms with Gasteiger partial charge in [0.25, 0.3) is 0 Å². The number of aliphatic hydroxyl groups is 1. The number of hydrogen-bond acceptors (Lipinski definition) is 4. The van der Waals surface area contributed by atoms with Crippen molar-refractivity contribution in [3.8, 4) is 0 Å². The molecular formula is C22H22NO5P. The highest BCUT2D eigenvalue weighted by atomic mass is 31.2. The summed E-state index contributed by atoms with van der Waals surface area (Å²) in [6, 6.07) is 17.1. The van der Waals surface area contributed by atoms with Crippen molar-refractivity contribution < 1.29 is 24.4 Å². The Morgan fingerprint density at radius 2 is 1.52 bits per heavy atom. The molecule has 7 heteroatoms. The zero-order chi connectivity index (χ0) is 20.9. The highest BCUT2D eigenvalue weighted by Crippen LogP contribution is 2.63. The van der Waals surface area contributed by atoms with E-state index in [9.17, 15) is 24.4 Å². The molecule has 4 rings (SSSR count). The highest BCUT2D eigenvalue weighted by Gasteiger charge is 2.62. The number of fused-ring (bicyclic) bond motifs is 1. The molecule has 1 fully saturated rings. The van der Waals surface area contributed by atoms with E-state index in [0.29, 0.717) is 10.6 Å². The van der Waals surface area contributed by atoms with Crippen LogP contribution < -0.4 is 10.6 Å². The summed E-state index contributed by atoms with van der Waals surface area (Å²) < 4.78 is 14.7. The summed E-state index contributed by atoms with van der Waals surface area (Å²) in [7, 11) is -3.53. The van der Waals surface area contributed by atoms with Crippen molar-refractivity contribution in [2.75, 3.05) is 0 Å². The maximum absolute atomic E-state index is 14.7. The van der Waals surface area contributed by atoms with Crippen LogP contribution in [0.5, 0.6) is 0 Å². The fraction of sp³-hybridized carbons (Fsp3) is 0.273. The molecular weight excluding hydrogens is 389 g/mol. The SMILES string of the molecule is C[C@@H](O)[C@H]1C(=O)N2C(C(=O)O)=C(P(=O)(c3ccccc3)c3ccccc3)[C@H](C)[C@@H]12. The maximum Gasteiger partial charge on any atom is 0.353 e. The summed E-state index contributed by atoms with van der Waals surface area (Å²) in [5.74, 6) is -2.88. The summed E-state index contributed by atoms with van der Waals surface area (Å²) in [5, 5.41) is 21.4. The van der Waals surface area contributed by atoms with Crippen molar-refractivity contribution >= 4 is 29.6 Å². The molecule has 2 heterocycles. The second kappa shape index (κ2) is 6.97. The van der Waals surface area contributed by atoms with Crippen LogP contribution in [0.15, 0.2) is 71.7 Å². The number of aliphatic hydroxyl groups excluding tert-OH is 1. The van der Waals surface area contributed by atoms with Crippen LogP contribution >= 0.6 is 7.14 Å². The van der Waals surface area contributed by atoms with Crippen molar-refractivity contribution in [2.24, 2.45) is 11.8 Å². The molecule has 29 heavy (non-hydrogen) atoms. The minimum atomic E-state index is -3.53. The predicted molar refractivity (Wildman–Crippen MR) is 109 cm³/mol. The van der Waals surface area contributed by atoms with E-state index in [-0.39, 0.29) is 11.0 Å². The lowest BCUT2D eigenvalue weighted by Crippen LogP contribution is -2.63. The average molecular weight is 411 g/mol. The molecule has 2 N–H and O–H groups in total. The minimum Gasteiger partial charge on any atom is -0.477 e. The van der Waals surface area contributed by atoms with Gasteiger partial charge in [0.2, 0.25) is 5.91 Å². The standard InChI is InChI=1S/C22H22NO5P/c1-13-18-17(14(2)24)21(25)23(18)19(22(26)27)20(13)29(28,15-9-5-3-6-10-15)16-11-7-4-8-12-16/h3-14,17-18,24H,1-2H3,(H,26,27)/t13-,14-,17-,18+/m1/s1. The van der Waals surface area contributed by atoms with Gasteiger partial charge in [-0.25, -0.2) is 4.79 Å². The molecule has 0 radical (unpaired) electrons. The third-order valence-corrected chi connectivity index (χ3v) is 9.27. The smallest absolute Gasteiger partial charge is 0.353 e. The number of amides is 1. The van der Waals surface area contributed by atoms with Crippen LogP contribution in [0.25, 0.3) is 0 Å². The second-order valence-electron chi connectivity index (χ2n) is 7.57. The van der Waals surface area contributed by atoms with Crippen LogP contribution in [0.2, 0.25) is 0 Å². The van der Waals surface area contributed by atoms with Crippen molar-refractivity contribution in [3.63, 3.8) is 0 Å². The number of benzene rings is 2. The molecule has 2 aromatic carbocycles. The molecule has 2 aliphatic heterocycles. The lowest BCUT2D eigenvalue weighted by Gasteiger charge is -2.46. The normalized spacial score (nSPS) is 24.9. The molecule has 0 aromatic heterocycles. The molecule has 2 aliphatic rings. The highest BCUT2D eigenvalue weighted by molar-refractivity contribution is 7.82. The first-order chi connectivity index (χ1) is 13.8. The van der Waals surface area contributed by atoms with Crippen LogP contribution in [-0.2, 0) is 14.2 Å². The number of rotatable bonds is 5. The molecule has 0 spiro atoms. The molecule has 1 saturated heterocycles. The predicted octanol–water partition coefficient (Wildman–Crippen LogP) is 2.15. The molecule has 150 valence electrons. The summed E-state index contributed by atoms with van der Waals surface area (Å²) in [4.78, 5) is 26.1. The third-order valence-electron chi connectivity index (χ3n) is 5.92. The van der Waals surface area contributed by atoms with Gasteiger partial charge in [0.15, 0.2) is 7.14 Å². The Kier molecular flexibility index (Phi) is 4.72. The van der Waals surface area contributed by atoms with Gasteiger partial charge in [-0.15, -0.1) is 0 Å². The van der Waals surface area contributed by atoms with E-state index < -0.39 is 43.0 Å². The molecule has 2 aromatic rings. The molecule has 0 aliphatic carbocycles. The van der Waals surface area contributed by atoms with E-state index in [1.807, 2.05) is 12.1 Å². The first-order valence-corrected chi connectivity index (χ1v) is 11.2. The van der Waals surface area contributed by atoms with Gasteiger partial charge < -0.3 is 19.7 Å². The quantitative estimate of drug-likeness (QED) is 0.581. The van der Waals surface area contributed by atoms with Gasteiger partial charge in [0.1, 0.15) is 5.70 Å². The van der Waals surface area contributed by atoms with Gasteiger partial charge in [-0.3, -0.25) is 4.79 Å². The fourth-order valence-corrected chi connectivity index (χ4v) is 7.94. The Morgan fingerprint density at radius 1 is 1.03 bits per heavy atom. The number of carbonyl (C=O) groups is 2. The number of β-lactam (4-membered cyclic amide) rings is 1. The van der Waals surface area contributed by atoms with E-state index in [0.717, 1.165) is 0 Å². The topological polar surface area (TPSA) is 94.9 Å². The monoisotopic (exact) mass is 411 g/mol.